The van der Waals surface area contributed by atoms with Gasteiger partial charge in [-0.05, 0) is 43.2 Å². The zero-order valence-electron chi connectivity index (χ0n) is 16.0. The minimum absolute atomic E-state index is 0.0792. The molecule has 1 heterocycles. The van der Waals surface area contributed by atoms with Crippen LogP contribution < -0.4 is 10.4 Å². The number of carbonyl (C=O) groups excluding carboxylic acids is 2. The van der Waals surface area contributed by atoms with Crippen molar-refractivity contribution in [1.29, 1.82) is 0 Å². The van der Waals surface area contributed by atoms with Crippen LogP contribution in [0.3, 0.4) is 0 Å². The van der Waals surface area contributed by atoms with Crippen molar-refractivity contribution in [1.82, 2.24) is 10.3 Å². The summed E-state index contributed by atoms with van der Waals surface area (Å²) in [5.74, 6) is -0.205. The van der Waals surface area contributed by atoms with Crippen molar-refractivity contribution in [3.05, 3.63) is 71.4 Å². The van der Waals surface area contributed by atoms with Gasteiger partial charge in [0.25, 0.3) is 0 Å². The number of aryl methyl sites for hydroxylation is 1. The Labute approximate surface area is 160 Å². The Kier molecular flexibility index (Phi) is 5.60. The van der Waals surface area contributed by atoms with Gasteiger partial charge >= 0.3 is 0 Å². The molecule has 27 heavy (non-hydrogen) atoms. The molecular weight excluding hydrogens is 338 g/mol. The third-order valence-corrected chi connectivity index (χ3v) is 4.77. The van der Waals surface area contributed by atoms with Gasteiger partial charge in [0, 0.05) is 19.7 Å². The number of nitrogens with one attached hydrogen (secondary N) is 1. The van der Waals surface area contributed by atoms with Gasteiger partial charge in [0.1, 0.15) is 0 Å². The topological polar surface area (TPSA) is 52.7 Å². The fraction of sp³-hybridized carbons (Fsp3) is 0.273. The Morgan fingerprint density at radius 3 is 2.48 bits per heavy atom. The van der Waals surface area contributed by atoms with Gasteiger partial charge in [0.05, 0.1) is 18.2 Å². The number of anilines is 1. The molecule has 0 bridgehead atoms. The van der Waals surface area contributed by atoms with Crippen LogP contribution in [0.1, 0.15) is 43.0 Å². The number of fused-ring (bicyclic) bond motifs is 1. The molecule has 5 nitrogen and oxygen atoms in total. The molecule has 0 fully saturated rings. The van der Waals surface area contributed by atoms with Crippen molar-refractivity contribution in [2.45, 2.75) is 33.2 Å². The highest BCUT2D eigenvalue weighted by atomic mass is 16.2. The molecule has 2 amide bonds. The van der Waals surface area contributed by atoms with Gasteiger partial charge in [-0.25, -0.2) is 0 Å². The van der Waals surface area contributed by atoms with Gasteiger partial charge in [-0.3, -0.25) is 20.0 Å². The van der Waals surface area contributed by atoms with Crippen LogP contribution in [0.4, 0.5) is 5.69 Å². The molecule has 2 aromatic carbocycles. The zero-order chi connectivity index (χ0) is 19.4. The molecule has 0 saturated heterocycles. The van der Waals surface area contributed by atoms with E-state index in [9.17, 15) is 9.59 Å². The predicted octanol–water partition coefficient (Wildman–Crippen LogP) is 3.82. The minimum atomic E-state index is -0.305. The van der Waals surface area contributed by atoms with Gasteiger partial charge in [-0.2, -0.15) is 0 Å². The molecule has 0 radical (unpaired) electrons. The van der Waals surface area contributed by atoms with Crippen LogP contribution in [0.15, 0.2) is 54.7 Å². The summed E-state index contributed by atoms with van der Waals surface area (Å²) < 4.78 is 0. The molecule has 3 rings (SSSR count). The molecule has 0 unspecified atom stereocenters. The molecule has 0 aliphatic carbocycles. The second kappa shape index (κ2) is 8.08. The van der Waals surface area contributed by atoms with E-state index in [0.717, 1.165) is 16.8 Å². The molecule has 1 N–H and O–H groups in total. The molecule has 0 aromatic heterocycles. The highest BCUT2D eigenvalue weighted by molar-refractivity contribution is 5.82. The van der Waals surface area contributed by atoms with E-state index < -0.39 is 0 Å². The monoisotopic (exact) mass is 363 g/mol. The maximum absolute atomic E-state index is 12.8. The Bertz CT molecular complexity index is 858. The molecule has 140 valence electrons. The van der Waals surface area contributed by atoms with Crippen LogP contribution >= 0.6 is 0 Å². The van der Waals surface area contributed by atoms with Crippen LogP contribution in [0.5, 0.6) is 0 Å². The lowest BCUT2D eigenvalue weighted by Gasteiger charge is -2.33. The van der Waals surface area contributed by atoms with Gasteiger partial charge in [0.2, 0.25) is 11.8 Å². The number of carbonyl (C=O) groups is 2. The van der Waals surface area contributed by atoms with Gasteiger partial charge in [-0.15, -0.1) is 0 Å². The molecule has 1 aliphatic rings. The number of rotatable bonds is 5. The van der Waals surface area contributed by atoms with E-state index >= 15 is 0 Å². The van der Waals surface area contributed by atoms with E-state index in [1.165, 1.54) is 12.5 Å². The largest absolute Gasteiger partial charge is 0.311 e. The van der Waals surface area contributed by atoms with Gasteiger partial charge < -0.3 is 4.90 Å². The highest BCUT2D eigenvalue weighted by Crippen LogP contribution is 2.32. The summed E-state index contributed by atoms with van der Waals surface area (Å²) in [6.45, 7) is 6.18. The molecule has 5 heteroatoms. The number of benzene rings is 2. The predicted molar refractivity (Wildman–Crippen MR) is 108 cm³/mol. The van der Waals surface area contributed by atoms with E-state index in [0.29, 0.717) is 6.54 Å². The maximum Gasteiger partial charge on any atom is 0.240 e. The number of hydrogen-bond donors (Lipinski definition) is 1. The Balaban J connectivity index is 1.77. The second-order valence-corrected chi connectivity index (χ2v) is 6.71. The van der Waals surface area contributed by atoms with Crippen molar-refractivity contribution >= 4 is 23.6 Å². The SMILES string of the molecule is CCN(NC(=O)C[C@H]1c2ccccc2C=CN1C(C)=O)c1ccc(C)cc1. The van der Waals surface area contributed by atoms with Gasteiger partial charge in [0.15, 0.2) is 0 Å². The summed E-state index contributed by atoms with van der Waals surface area (Å²) in [6.07, 6.45) is 3.87. The van der Waals surface area contributed by atoms with Crippen molar-refractivity contribution in [3.63, 3.8) is 0 Å². The normalized spacial score (nSPS) is 15.2. The quantitative estimate of drug-likeness (QED) is 0.822. The summed E-state index contributed by atoms with van der Waals surface area (Å²) in [6, 6.07) is 15.6. The Morgan fingerprint density at radius 1 is 1.11 bits per heavy atom. The first-order valence-corrected chi connectivity index (χ1v) is 9.19. The lowest BCUT2D eigenvalue weighted by Crippen LogP contribution is -2.44. The average Bonchev–Trinajstić information content (AvgIpc) is 2.67. The first kappa shape index (κ1) is 18.7. The fourth-order valence-electron chi connectivity index (χ4n) is 3.34. The first-order chi connectivity index (χ1) is 13.0. The standard InChI is InChI=1S/C22H25N3O2/c1-4-25(19-11-9-16(2)10-12-19)23-22(27)15-21-20-8-6-5-7-18(20)13-14-24(21)17(3)26/h5-14,21H,4,15H2,1-3H3,(H,23,27)/t21-/m0/s1. The van der Waals surface area contributed by atoms with Crippen LogP contribution in [0.25, 0.3) is 6.08 Å². The lowest BCUT2D eigenvalue weighted by atomic mass is 9.93. The first-order valence-electron chi connectivity index (χ1n) is 9.19. The maximum atomic E-state index is 12.8. The van der Waals surface area contributed by atoms with Crippen LogP contribution in [-0.2, 0) is 9.59 Å². The Hall–Kier alpha value is -3.08. The summed E-state index contributed by atoms with van der Waals surface area (Å²) in [4.78, 5) is 26.5. The van der Waals surface area contributed by atoms with E-state index in [1.807, 2.05) is 73.5 Å². The van der Waals surface area contributed by atoms with Crippen LogP contribution in [0, 0.1) is 6.92 Å². The van der Waals surface area contributed by atoms with Crippen molar-refractivity contribution in [3.8, 4) is 0 Å². The zero-order valence-corrected chi connectivity index (χ0v) is 16.0. The molecule has 1 aliphatic heterocycles. The lowest BCUT2D eigenvalue weighted by molar-refractivity contribution is -0.130. The summed E-state index contributed by atoms with van der Waals surface area (Å²) in [7, 11) is 0. The minimum Gasteiger partial charge on any atom is -0.311 e. The van der Waals surface area contributed by atoms with Crippen LogP contribution in [0.2, 0.25) is 0 Å². The van der Waals surface area contributed by atoms with E-state index in [4.69, 9.17) is 0 Å². The van der Waals surface area contributed by atoms with Crippen LogP contribution in [-0.4, -0.2) is 23.3 Å². The molecular formula is C22H25N3O2. The van der Waals surface area contributed by atoms with Crippen molar-refractivity contribution in [2.24, 2.45) is 0 Å². The Morgan fingerprint density at radius 2 is 1.81 bits per heavy atom. The smallest absolute Gasteiger partial charge is 0.240 e. The number of hydrogen-bond acceptors (Lipinski definition) is 3. The summed E-state index contributed by atoms with van der Waals surface area (Å²) >= 11 is 0. The average molecular weight is 363 g/mol. The molecule has 2 aromatic rings. The summed E-state index contributed by atoms with van der Waals surface area (Å²) in [5.41, 5.74) is 7.11. The second-order valence-electron chi connectivity index (χ2n) is 6.71. The molecule has 1 atom stereocenters. The highest BCUT2D eigenvalue weighted by Gasteiger charge is 2.28. The number of nitrogens with zero attached hydrogens (tertiary/aromatic N) is 2. The van der Waals surface area contributed by atoms with E-state index in [1.54, 1.807) is 11.1 Å². The van der Waals surface area contributed by atoms with E-state index in [2.05, 4.69) is 5.43 Å². The van der Waals surface area contributed by atoms with E-state index in [-0.39, 0.29) is 24.3 Å². The van der Waals surface area contributed by atoms with Gasteiger partial charge in [-0.1, -0.05) is 42.0 Å². The molecule has 0 saturated carbocycles. The number of hydrazine groups is 1. The summed E-state index contributed by atoms with van der Waals surface area (Å²) in [5, 5.41) is 1.82. The molecule has 0 spiro atoms. The number of amides is 2. The van der Waals surface area contributed by atoms with Crippen molar-refractivity contribution < 1.29 is 9.59 Å². The van der Waals surface area contributed by atoms with Crippen molar-refractivity contribution in [2.75, 3.05) is 11.6 Å². The third-order valence-electron chi connectivity index (χ3n) is 4.77. The fourth-order valence-corrected chi connectivity index (χ4v) is 3.34. The third kappa shape index (κ3) is 4.19.